The summed E-state index contributed by atoms with van der Waals surface area (Å²) >= 11 is 0. The minimum Gasteiger partial charge on any atom is -0.396 e. The minimum absolute atomic E-state index is 0.341. The van der Waals surface area contributed by atoms with E-state index in [0.29, 0.717) is 6.61 Å². The van der Waals surface area contributed by atoms with Gasteiger partial charge in [0.25, 0.3) is 0 Å². The van der Waals surface area contributed by atoms with Crippen LogP contribution in [0.25, 0.3) is 0 Å². The average Bonchev–Trinajstić information content (AvgIpc) is 2.01. The van der Waals surface area contributed by atoms with Gasteiger partial charge in [-0.3, -0.25) is 0 Å². The molecule has 0 aliphatic heterocycles. The molecule has 0 atom stereocenters. The van der Waals surface area contributed by atoms with Gasteiger partial charge in [-0.05, 0) is 19.3 Å². The summed E-state index contributed by atoms with van der Waals surface area (Å²) in [5.74, 6) is 0. The Kier molecular flexibility index (Phi) is 6.39. The SMILES string of the molecule is CCCC[N+](C)(C)CCCCO. The van der Waals surface area contributed by atoms with E-state index < -0.39 is 0 Å². The van der Waals surface area contributed by atoms with Gasteiger partial charge < -0.3 is 9.59 Å². The van der Waals surface area contributed by atoms with Crippen LogP contribution in [-0.4, -0.2) is 43.4 Å². The molecular formula is C10H24NO+. The Bertz CT molecular complexity index is 102. The summed E-state index contributed by atoms with van der Waals surface area (Å²) in [6.45, 7) is 5.03. The van der Waals surface area contributed by atoms with E-state index in [2.05, 4.69) is 21.0 Å². The highest BCUT2D eigenvalue weighted by atomic mass is 16.2. The van der Waals surface area contributed by atoms with E-state index in [-0.39, 0.29) is 0 Å². The van der Waals surface area contributed by atoms with Crippen LogP contribution in [0.1, 0.15) is 32.6 Å². The second-order valence-electron chi connectivity index (χ2n) is 4.17. The standard InChI is InChI=1S/C10H24NO/c1-4-5-8-11(2,3)9-6-7-10-12/h12H,4-10H2,1-3H3/q+1. The molecule has 12 heavy (non-hydrogen) atoms. The zero-order valence-corrected chi connectivity index (χ0v) is 8.84. The van der Waals surface area contributed by atoms with Gasteiger partial charge in [0.1, 0.15) is 0 Å². The molecule has 2 heteroatoms. The molecule has 0 aromatic rings. The molecule has 0 fully saturated rings. The van der Waals surface area contributed by atoms with Crippen LogP contribution < -0.4 is 0 Å². The number of hydrogen-bond donors (Lipinski definition) is 1. The number of nitrogens with zero attached hydrogens (tertiary/aromatic N) is 1. The quantitative estimate of drug-likeness (QED) is 0.459. The van der Waals surface area contributed by atoms with Crippen molar-refractivity contribution in [3.63, 3.8) is 0 Å². The minimum atomic E-state index is 0.341. The van der Waals surface area contributed by atoms with Crippen LogP contribution in [0.4, 0.5) is 0 Å². The number of hydrogen-bond acceptors (Lipinski definition) is 1. The molecule has 2 nitrogen and oxygen atoms in total. The van der Waals surface area contributed by atoms with Gasteiger partial charge >= 0.3 is 0 Å². The van der Waals surface area contributed by atoms with E-state index in [1.54, 1.807) is 0 Å². The van der Waals surface area contributed by atoms with Gasteiger partial charge in [-0.25, -0.2) is 0 Å². The first-order valence-electron chi connectivity index (χ1n) is 5.05. The van der Waals surface area contributed by atoms with Crippen LogP contribution in [0.15, 0.2) is 0 Å². The van der Waals surface area contributed by atoms with Crippen LogP contribution in [-0.2, 0) is 0 Å². The van der Waals surface area contributed by atoms with Gasteiger partial charge in [-0.1, -0.05) is 13.3 Å². The second-order valence-corrected chi connectivity index (χ2v) is 4.17. The summed E-state index contributed by atoms with van der Waals surface area (Å²) in [4.78, 5) is 0. The molecule has 0 spiro atoms. The Morgan fingerprint density at radius 1 is 1.00 bits per heavy atom. The lowest BCUT2D eigenvalue weighted by molar-refractivity contribution is -0.890. The molecule has 0 aliphatic carbocycles. The van der Waals surface area contributed by atoms with Gasteiger partial charge in [0.2, 0.25) is 0 Å². The fourth-order valence-electron chi connectivity index (χ4n) is 1.35. The maximum atomic E-state index is 8.63. The summed E-state index contributed by atoms with van der Waals surface area (Å²) < 4.78 is 1.10. The van der Waals surface area contributed by atoms with Crippen molar-refractivity contribution in [1.29, 1.82) is 0 Å². The van der Waals surface area contributed by atoms with Crippen molar-refractivity contribution in [2.75, 3.05) is 33.8 Å². The van der Waals surface area contributed by atoms with E-state index in [1.807, 2.05) is 0 Å². The molecule has 0 radical (unpaired) electrons. The molecule has 0 saturated heterocycles. The first kappa shape index (κ1) is 11.9. The van der Waals surface area contributed by atoms with E-state index in [0.717, 1.165) is 17.3 Å². The molecule has 0 heterocycles. The first-order chi connectivity index (χ1) is 5.62. The topological polar surface area (TPSA) is 20.2 Å². The number of unbranched alkanes of at least 4 members (excludes halogenated alkanes) is 2. The lowest BCUT2D eigenvalue weighted by atomic mass is 10.2. The van der Waals surface area contributed by atoms with E-state index in [1.165, 1.54) is 25.9 Å². The zero-order valence-electron chi connectivity index (χ0n) is 8.84. The van der Waals surface area contributed by atoms with Gasteiger partial charge in [-0.15, -0.1) is 0 Å². The number of aliphatic hydroxyl groups excluding tert-OH is 1. The number of quaternary nitrogens is 1. The molecule has 0 bridgehead atoms. The van der Waals surface area contributed by atoms with E-state index in [9.17, 15) is 0 Å². The maximum Gasteiger partial charge on any atom is 0.0783 e. The molecule has 0 saturated carbocycles. The third-order valence-electron chi connectivity index (χ3n) is 2.29. The molecule has 0 aromatic heterocycles. The smallest absolute Gasteiger partial charge is 0.0783 e. The molecule has 74 valence electrons. The van der Waals surface area contributed by atoms with Gasteiger partial charge in [-0.2, -0.15) is 0 Å². The van der Waals surface area contributed by atoms with Crippen molar-refractivity contribution in [3.05, 3.63) is 0 Å². The fourth-order valence-corrected chi connectivity index (χ4v) is 1.35. The third kappa shape index (κ3) is 6.62. The molecule has 1 N–H and O–H groups in total. The Hall–Kier alpha value is -0.0800. The van der Waals surface area contributed by atoms with Crippen LogP contribution in [0, 0.1) is 0 Å². The van der Waals surface area contributed by atoms with Gasteiger partial charge in [0.05, 0.1) is 27.2 Å². The lowest BCUT2D eigenvalue weighted by Gasteiger charge is -2.29. The van der Waals surface area contributed by atoms with E-state index in [4.69, 9.17) is 5.11 Å². The monoisotopic (exact) mass is 174 g/mol. The highest BCUT2D eigenvalue weighted by molar-refractivity contribution is 4.39. The molecular weight excluding hydrogens is 150 g/mol. The molecule has 0 aromatic carbocycles. The van der Waals surface area contributed by atoms with Crippen molar-refractivity contribution in [3.8, 4) is 0 Å². The van der Waals surface area contributed by atoms with Crippen molar-refractivity contribution in [2.45, 2.75) is 32.6 Å². The fraction of sp³-hybridized carbons (Fsp3) is 1.00. The average molecular weight is 174 g/mol. The number of rotatable bonds is 7. The molecule has 0 rings (SSSR count). The van der Waals surface area contributed by atoms with Crippen molar-refractivity contribution >= 4 is 0 Å². The summed E-state index contributed by atoms with van der Waals surface area (Å²) in [5.41, 5.74) is 0. The van der Waals surface area contributed by atoms with Crippen LogP contribution in [0.5, 0.6) is 0 Å². The molecule has 0 amide bonds. The Labute approximate surface area is 76.8 Å². The largest absolute Gasteiger partial charge is 0.396 e. The second kappa shape index (κ2) is 6.44. The molecule has 0 aliphatic rings. The normalized spacial score (nSPS) is 12.0. The first-order valence-corrected chi connectivity index (χ1v) is 5.05. The predicted molar refractivity (Wildman–Crippen MR) is 53.1 cm³/mol. The van der Waals surface area contributed by atoms with E-state index >= 15 is 0 Å². The maximum absolute atomic E-state index is 8.63. The number of aliphatic hydroxyl groups is 1. The van der Waals surface area contributed by atoms with Crippen molar-refractivity contribution < 1.29 is 9.59 Å². The predicted octanol–water partition coefficient (Wildman–Crippen LogP) is 1.64. The summed E-state index contributed by atoms with van der Waals surface area (Å²) in [6.07, 6.45) is 4.69. The van der Waals surface area contributed by atoms with Crippen LogP contribution >= 0.6 is 0 Å². The van der Waals surface area contributed by atoms with Gasteiger partial charge in [0.15, 0.2) is 0 Å². The zero-order chi connectivity index (χ0) is 9.45. The molecule has 0 unspecified atom stereocenters. The Balaban J connectivity index is 3.42. The van der Waals surface area contributed by atoms with Crippen molar-refractivity contribution in [2.24, 2.45) is 0 Å². The summed E-state index contributed by atoms with van der Waals surface area (Å²) in [6, 6.07) is 0. The Morgan fingerprint density at radius 3 is 2.08 bits per heavy atom. The Morgan fingerprint density at radius 2 is 1.58 bits per heavy atom. The van der Waals surface area contributed by atoms with Crippen LogP contribution in [0.3, 0.4) is 0 Å². The third-order valence-corrected chi connectivity index (χ3v) is 2.29. The lowest BCUT2D eigenvalue weighted by Crippen LogP contribution is -2.41. The van der Waals surface area contributed by atoms with Gasteiger partial charge in [0, 0.05) is 6.61 Å². The highest BCUT2D eigenvalue weighted by Gasteiger charge is 2.12. The van der Waals surface area contributed by atoms with Crippen molar-refractivity contribution in [1.82, 2.24) is 0 Å². The van der Waals surface area contributed by atoms with Crippen LogP contribution in [0.2, 0.25) is 0 Å². The highest BCUT2D eigenvalue weighted by Crippen LogP contribution is 2.04. The summed E-state index contributed by atoms with van der Waals surface area (Å²) in [5, 5.41) is 8.63. The summed E-state index contributed by atoms with van der Waals surface area (Å²) in [7, 11) is 4.54.